The molecule has 1 aliphatic rings. The summed E-state index contributed by atoms with van der Waals surface area (Å²) in [4.78, 5) is 28.9. The van der Waals surface area contributed by atoms with E-state index < -0.39 is 28.5 Å². The molecule has 1 saturated carbocycles. The van der Waals surface area contributed by atoms with Crippen molar-refractivity contribution >= 4 is 43.5 Å². The molecular weight excluding hydrogens is 590 g/mol. The van der Waals surface area contributed by atoms with E-state index in [0.717, 1.165) is 51.2 Å². The first-order valence-corrected chi connectivity index (χ1v) is 15.8. The second kappa shape index (κ2) is 13.0. The van der Waals surface area contributed by atoms with Gasteiger partial charge >= 0.3 is 0 Å². The highest BCUT2D eigenvalue weighted by atomic mass is 79.9. The highest BCUT2D eigenvalue weighted by molar-refractivity contribution is 9.10. The number of carbonyl (C=O) groups excluding carboxylic acids is 2. The van der Waals surface area contributed by atoms with Crippen LogP contribution >= 0.6 is 15.9 Å². The molecule has 1 N–H and O–H groups in total. The summed E-state index contributed by atoms with van der Waals surface area (Å²) < 4.78 is 29.7. The first-order chi connectivity index (χ1) is 19.0. The normalized spacial score (nSPS) is 14.5. The van der Waals surface area contributed by atoms with Crippen molar-refractivity contribution in [1.29, 1.82) is 0 Å². The molecule has 9 heteroatoms. The van der Waals surface area contributed by atoms with Crippen molar-refractivity contribution in [2.75, 3.05) is 10.8 Å². The Morgan fingerprint density at radius 2 is 1.60 bits per heavy atom. The van der Waals surface area contributed by atoms with Gasteiger partial charge in [-0.15, -0.1) is 0 Å². The van der Waals surface area contributed by atoms with Crippen LogP contribution in [0.1, 0.15) is 49.3 Å². The van der Waals surface area contributed by atoms with Crippen LogP contribution in [0.25, 0.3) is 0 Å². The van der Waals surface area contributed by atoms with Crippen LogP contribution < -0.4 is 9.62 Å². The van der Waals surface area contributed by atoms with Crippen molar-refractivity contribution < 1.29 is 18.0 Å². The molecule has 7 nitrogen and oxygen atoms in total. The van der Waals surface area contributed by atoms with Gasteiger partial charge in [-0.3, -0.25) is 13.9 Å². The fourth-order valence-corrected chi connectivity index (χ4v) is 6.63. The van der Waals surface area contributed by atoms with E-state index in [1.54, 1.807) is 55.5 Å². The Hall–Kier alpha value is -3.17. The fourth-order valence-electron chi connectivity index (χ4n) is 4.96. The average Bonchev–Trinajstić information content (AvgIpc) is 3.44. The van der Waals surface area contributed by atoms with Gasteiger partial charge in [0.15, 0.2) is 0 Å². The second-order valence-electron chi connectivity index (χ2n) is 10.5. The molecule has 0 radical (unpaired) electrons. The molecule has 4 rings (SSSR count). The number of nitrogens with zero attached hydrogens (tertiary/aromatic N) is 2. The third kappa shape index (κ3) is 7.31. The van der Waals surface area contributed by atoms with Gasteiger partial charge < -0.3 is 10.2 Å². The van der Waals surface area contributed by atoms with Crippen molar-refractivity contribution in [3.63, 3.8) is 0 Å². The molecule has 1 fully saturated rings. The molecule has 0 heterocycles. The third-order valence-corrected chi connectivity index (χ3v) is 9.62. The Labute approximate surface area is 245 Å². The Morgan fingerprint density at radius 3 is 2.23 bits per heavy atom. The van der Waals surface area contributed by atoms with Crippen molar-refractivity contribution in [3.8, 4) is 0 Å². The first-order valence-electron chi connectivity index (χ1n) is 13.5. The van der Waals surface area contributed by atoms with Crippen molar-refractivity contribution in [1.82, 2.24) is 10.2 Å². The SMILES string of the molecule is Cc1ccc(S(=O)(=O)N(CC(=O)N(Cc2cccc(C)c2)C(C)C(=O)NC2CCCC2)c2ccc(Br)cc2)cc1. The monoisotopic (exact) mass is 625 g/mol. The number of halogens is 1. The lowest BCUT2D eigenvalue weighted by Gasteiger charge is -2.32. The van der Waals surface area contributed by atoms with E-state index in [2.05, 4.69) is 21.2 Å². The van der Waals surface area contributed by atoms with Crippen LogP contribution in [-0.4, -0.2) is 43.8 Å². The minimum Gasteiger partial charge on any atom is -0.352 e. The maximum Gasteiger partial charge on any atom is 0.264 e. The Morgan fingerprint density at radius 1 is 0.950 bits per heavy atom. The third-order valence-electron chi connectivity index (χ3n) is 7.31. The highest BCUT2D eigenvalue weighted by Gasteiger charge is 2.33. The number of rotatable bonds is 10. The lowest BCUT2D eigenvalue weighted by Crippen LogP contribution is -2.52. The minimum absolute atomic E-state index is 0.0890. The lowest BCUT2D eigenvalue weighted by molar-refractivity contribution is -0.139. The maximum atomic E-state index is 14.0. The molecule has 1 unspecified atom stereocenters. The van der Waals surface area contributed by atoms with E-state index in [1.165, 1.54) is 4.90 Å². The van der Waals surface area contributed by atoms with Crippen molar-refractivity contribution in [2.24, 2.45) is 0 Å². The van der Waals surface area contributed by atoms with Gasteiger partial charge in [0, 0.05) is 17.1 Å². The number of carbonyl (C=O) groups is 2. The summed E-state index contributed by atoms with van der Waals surface area (Å²) in [5.41, 5.74) is 3.18. The van der Waals surface area contributed by atoms with E-state index in [4.69, 9.17) is 0 Å². The number of anilines is 1. The predicted molar refractivity (Wildman–Crippen MR) is 161 cm³/mol. The molecule has 0 bridgehead atoms. The average molecular weight is 627 g/mol. The summed E-state index contributed by atoms with van der Waals surface area (Å²) in [6.07, 6.45) is 4.00. The van der Waals surface area contributed by atoms with E-state index in [0.29, 0.717) is 5.69 Å². The van der Waals surface area contributed by atoms with Gasteiger partial charge in [-0.2, -0.15) is 0 Å². The Kier molecular flexibility index (Phi) is 9.68. The van der Waals surface area contributed by atoms with Crippen LogP contribution in [0, 0.1) is 13.8 Å². The zero-order valence-electron chi connectivity index (χ0n) is 23.1. The summed E-state index contributed by atoms with van der Waals surface area (Å²) in [5, 5.41) is 3.09. The second-order valence-corrected chi connectivity index (χ2v) is 13.3. The summed E-state index contributed by atoms with van der Waals surface area (Å²) >= 11 is 3.40. The lowest BCUT2D eigenvalue weighted by atomic mass is 10.1. The summed E-state index contributed by atoms with van der Waals surface area (Å²) in [6.45, 7) is 5.28. The Bertz CT molecular complexity index is 1440. The molecule has 3 aromatic rings. The molecule has 212 valence electrons. The summed E-state index contributed by atoms with van der Waals surface area (Å²) in [7, 11) is -4.09. The standard InChI is InChI=1S/C31H36BrN3O4S/c1-22-11-17-29(18-12-22)40(38,39)35(28-15-13-26(32)14-16-28)21-30(36)34(20-25-8-6-7-23(2)19-25)24(3)31(37)33-27-9-4-5-10-27/h6-8,11-19,24,27H,4-5,9-10,20-21H2,1-3H3,(H,33,37). The van der Waals surface area contributed by atoms with Gasteiger partial charge in [0.05, 0.1) is 10.6 Å². The number of hydrogen-bond donors (Lipinski definition) is 1. The van der Waals surface area contributed by atoms with Crippen LogP contribution in [0.4, 0.5) is 5.69 Å². The number of benzene rings is 3. The minimum atomic E-state index is -4.09. The van der Waals surface area contributed by atoms with Crippen LogP contribution in [0.5, 0.6) is 0 Å². The van der Waals surface area contributed by atoms with Crippen LogP contribution in [0.3, 0.4) is 0 Å². The predicted octanol–water partition coefficient (Wildman–Crippen LogP) is 5.74. The van der Waals surface area contributed by atoms with E-state index in [1.807, 2.05) is 38.1 Å². The zero-order valence-corrected chi connectivity index (χ0v) is 25.5. The van der Waals surface area contributed by atoms with E-state index >= 15 is 0 Å². The van der Waals surface area contributed by atoms with Crippen LogP contribution in [0.15, 0.2) is 82.2 Å². The van der Waals surface area contributed by atoms with Crippen molar-refractivity contribution in [2.45, 2.75) is 70.0 Å². The molecule has 0 aliphatic heterocycles. The quantitative estimate of drug-likeness (QED) is 0.311. The van der Waals surface area contributed by atoms with Gasteiger partial charge in [0.25, 0.3) is 10.0 Å². The van der Waals surface area contributed by atoms with E-state index in [9.17, 15) is 18.0 Å². The summed E-state index contributed by atoms with van der Waals surface area (Å²) in [6, 6.07) is 20.4. The van der Waals surface area contributed by atoms with Crippen LogP contribution in [0.2, 0.25) is 0 Å². The number of amides is 2. The summed E-state index contributed by atoms with van der Waals surface area (Å²) in [5.74, 6) is -0.696. The highest BCUT2D eigenvalue weighted by Crippen LogP contribution is 2.26. The molecule has 3 aromatic carbocycles. The van der Waals surface area contributed by atoms with Gasteiger partial charge in [-0.05, 0) is 75.6 Å². The largest absolute Gasteiger partial charge is 0.352 e. The molecule has 0 spiro atoms. The van der Waals surface area contributed by atoms with Gasteiger partial charge in [-0.25, -0.2) is 8.42 Å². The van der Waals surface area contributed by atoms with Crippen molar-refractivity contribution in [3.05, 3.63) is 94.0 Å². The van der Waals surface area contributed by atoms with E-state index in [-0.39, 0.29) is 23.4 Å². The smallest absolute Gasteiger partial charge is 0.264 e. The molecule has 2 amide bonds. The first kappa shape index (κ1) is 29.8. The molecular formula is C31H36BrN3O4S. The van der Waals surface area contributed by atoms with Gasteiger partial charge in [0.1, 0.15) is 12.6 Å². The number of hydrogen-bond acceptors (Lipinski definition) is 4. The van der Waals surface area contributed by atoms with Gasteiger partial charge in [0.2, 0.25) is 11.8 Å². The molecule has 1 atom stereocenters. The molecule has 0 saturated heterocycles. The number of sulfonamides is 1. The molecule has 40 heavy (non-hydrogen) atoms. The number of aryl methyl sites for hydroxylation is 2. The fraction of sp³-hybridized carbons (Fsp3) is 0.355. The topological polar surface area (TPSA) is 86.8 Å². The molecule has 0 aromatic heterocycles. The van der Waals surface area contributed by atoms with Crippen LogP contribution in [-0.2, 0) is 26.2 Å². The molecule has 1 aliphatic carbocycles. The zero-order chi connectivity index (χ0) is 28.9. The maximum absolute atomic E-state index is 14.0. The number of nitrogens with one attached hydrogen (secondary N) is 1. The van der Waals surface area contributed by atoms with Gasteiger partial charge in [-0.1, -0.05) is 76.3 Å². The Balaban J connectivity index is 1.68.